The molecule has 1 aliphatic carbocycles. The van der Waals surface area contributed by atoms with Gasteiger partial charge in [0.1, 0.15) is 5.82 Å². The summed E-state index contributed by atoms with van der Waals surface area (Å²) in [5, 5.41) is 11.1. The highest BCUT2D eigenvalue weighted by Crippen LogP contribution is 2.30. The van der Waals surface area contributed by atoms with E-state index in [1.807, 2.05) is 12.1 Å². The summed E-state index contributed by atoms with van der Waals surface area (Å²) in [6.07, 6.45) is 4.28. The first kappa shape index (κ1) is 17.4. The van der Waals surface area contributed by atoms with Crippen LogP contribution in [0.15, 0.2) is 47.5 Å². The average Bonchev–Trinajstić information content (AvgIpc) is 3.41. The van der Waals surface area contributed by atoms with E-state index in [1.165, 1.54) is 12.1 Å². The van der Waals surface area contributed by atoms with Crippen molar-refractivity contribution in [2.45, 2.75) is 24.2 Å². The third-order valence-electron chi connectivity index (χ3n) is 3.95. The van der Waals surface area contributed by atoms with Gasteiger partial charge in [0.2, 0.25) is 15.9 Å². The molecule has 1 aliphatic rings. The van der Waals surface area contributed by atoms with Crippen molar-refractivity contribution in [1.82, 2.24) is 4.98 Å². The molecule has 2 aromatic rings. The molecule has 132 valence electrons. The Morgan fingerprint density at radius 3 is 2.44 bits per heavy atom. The molecule has 1 heterocycles. The molecule has 7 nitrogen and oxygen atoms in total. The molecule has 0 bridgehead atoms. The van der Waals surface area contributed by atoms with Gasteiger partial charge in [-0.2, -0.15) is 0 Å². The highest BCUT2D eigenvalue weighted by atomic mass is 32.2. The van der Waals surface area contributed by atoms with Gasteiger partial charge in [0.25, 0.3) is 0 Å². The predicted molar refractivity (Wildman–Crippen MR) is 95.6 cm³/mol. The van der Waals surface area contributed by atoms with Crippen molar-refractivity contribution in [3.8, 4) is 0 Å². The fourth-order valence-corrected chi connectivity index (χ4v) is 2.86. The lowest BCUT2D eigenvalue weighted by molar-refractivity contribution is -0.117. The van der Waals surface area contributed by atoms with E-state index < -0.39 is 10.0 Å². The Hall–Kier alpha value is -2.45. The Morgan fingerprint density at radius 1 is 1.16 bits per heavy atom. The van der Waals surface area contributed by atoms with Crippen molar-refractivity contribution in [3.63, 3.8) is 0 Å². The number of sulfonamides is 1. The number of nitrogens with one attached hydrogen (secondary N) is 2. The van der Waals surface area contributed by atoms with Crippen LogP contribution in [0.5, 0.6) is 0 Å². The van der Waals surface area contributed by atoms with Crippen LogP contribution < -0.4 is 15.8 Å². The summed E-state index contributed by atoms with van der Waals surface area (Å²) < 4.78 is 22.4. The van der Waals surface area contributed by atoms with E-state index in [4.69, 9.17) is 5.14 Å². The third-order valence-corrected chi connectivity index (χ3v) is 4.88. The second-order valence-corrected chi connectivity index (χ2v) is 7.62. The molecule has 1 aromatic carbocycles. The lowest BCUT2D eigenvalue weighted by atomic mass is 10.1. The van der Waals surface area contributed by atoms with Crippen LogP contribution in [-0.4, -0.2) is 25.9 Å². The van der Waals surface area contributed by atoms with Crippen LogP contribution in [0, 0.1) is 5.92 Å². The summed E-state index contributed by atoms with van der Waals surface area (Å²) in [6.45, 7) is 0.648. The standard InChI is InChI=1S/C17H20N4O3S/c18-25(23,24)15-6-1-12(2-7-15)9-10-19-16-8-5-14(11-20-16)21-17(22)13-3-4-13/h1-2,5-8,11,13H,3-4,9-10H2,(H,19,20)(H,21,22)(H2,18,23,24). The van der Waals surface area contributed by atoms with Crippen LogP contribution in [0.3, 0.4) is 0 Å². The smallest absolute Gasteiger partial charge is 0.238 e. The maximum absolute atomic E-state index is 11.7. The zero-order valence-electron chi connectivity index (χ0n) is 13.6. The summed E-state index contributed by atoms with van der Waals surface area (Å²) in [5.41, 5.74) is 1.69. The van der Waals surface area contributed by atoms with Gasteiger partial charge in [-0.3, -0.25) is 4.79 Å². The van der Waals surface area contributed by atoms with E-state index >= 15 is 0 Å². The molecule has 1 saturated carbocycles. The van der Waals surface area contributed by atoms with Gasteiger partial charge in [-0.05, 0) is 49.1 Å². The van der Waals surface area contributed by atoms with E-state index in [1.54, 1.807) is 18.3 Å². The van der Waals surface area contributed by atoms with Crippen molar-refractivity contribution in [1.29, 1.82) is 0 Å². The van der Waals surface area contributed by atoms with Gasteiger partial charge in [0, 0.05) is 12.5 Å². The van der Waals surface area contributed by atoms with Crippen LogP contribution >= 0.6 is 0 Å². The molecule has 25 heavy (non-hydrogen) atoms. The van der Waals surface area contributed by atoms with Crippen molar-refractivity contribution < 1.29 is 13.2 Å². The number of anilines is 2. The number of rotatable bonds is 7. The third kappa shape index (κ3) is 5.01. The molecule has 0 spiro atoms. The number of hydrogen-bond acceptors (Lipinski definition) is 5. The first-order valence-electron chi connectivity index (χ1n) is 8.04. The number of nitrogens with zero attached hydrogens (tertiary/aromatic N) is 1. The normalized spacial score (nSPS) is 14.1. The van der Waals surface area contributed by atoms with Gasteiger partial charge < -0.3 is 10.6 Å². The Labute approximate surface area is 146 Å². The molecular formula is C17H20N4O3S. The first-order valence-corrected chi connectivity index (χ1v) is 9.59. The van der Waals surface area contributed by atoms with Crippen LogP contribution in [0.2, 0.25) is 0 Å². The van der Waals surface area contributed by atoms with E-state index in [2.05, 4.69) is 15.6 Å². The lowest BCUT2D eigenvalue weighted by Gasteiger charge is -2.08. The van der Waals surface area contributed by atoms with Crippen LogP contribution in [0.4, 0.5) is 11.5 Å². The van der Waals surface area contributed by atoms with Crippen molar-refractivity contribution in [2.24, 2.45) is 11.1 Å². The number of hydrogen-bond donors (Lipinski definition) is 3. The Kier molecular flexibility index (Phi) is 5.00. The van der Waals surface area contributed by atoms with E-state index in [-0.39, 0.29) is 16.7 Å². The molecule has 3 rings (SSSR count). The summed E-state index contributed by atoms with van der Waals surface area (Å²) >= 11 is 0. The zero-order valence-corrected chi connectivity index (χ0v) is 14.4. The SMILES string of the molecule is NS(=O)(=O)c1ccc(CCNc2ccc(NC(=O)C3CC3)cn2)cc1. The molecule has 1 amide bonds. The lowest BCUT2D eigenvalue weighted by Crippen LogP contribution is -2.13. The summed E-state index contributed by atoms with van der Waals surface area (Å²) in [4.78, 5) is 16.0. The number of nitrogens with two attached hydrogens (primary N) is 1. The number of amides is 1. The first-order chi connectivity index (χ1) is 11.9. The number of pyridine rings is 1. The molecule has 0 saturated heterocycles. The molecule has 0 aliphatic heterocycles. The van der Waals surface area contributed by atoms with E-state index in [0.717, 1.165) is 18.4 Å². The molecule has 4 N–H and O–H groups in total. The van der Waals surface area contributed by atoms with Gasteiger partial charge >= 0.3 is 0 Å². The molecule has 1 aromatic heterocycles. The quantitative estimate of drug-likeness (QED) is 0.696. The second kappa shape index (κ2) is 7.20. The van der Waals surface area contributed by atoms with Crippen LogP contribution in [0.1, 0.15) is 18.4 Å². The average molecular weight is 360 g/mol. The summed E-state index contributed by atoms with van der Waals surface area (Å²) in [7, 11) is -3.65. The molecule has 1 fully saturated rings. The van der Waals surface area contributed by atoms with E-state index in [9.17, 15) is 13.2 Å². The number of primary sulfonamides is 1. The topological polar surface area (TPSA) is 114 Å². The fraction of sp³-hybridized carbons (Fsp3) is 0.294. The maximum atomic E-state index is 11.7. The van der Waals surface area contributed by atoms with Crippen molar-refractivity contribution in [3.05, 3.63) is 48.2 Å². The molecule has 8 heteroatoms. The van der Waals surface area contributed by atoms with Crippen molar-refractivity contribution >= 4 is 27.4 Å². The van der Waals surface area contributed by atoms with Crippen LogP contribution in [0.25, 0.3) is 0 Å². The summed E-state index contributed by atoms with van der Waals surface area (Å²) in [6, 6.07) is 10.1. The van der Waals surface area contributed by atoms with Gasteiger partial charge in [-0.1, -0.05) is 12.1 Å². The fourth-order valence-electron chi connectivity index (χ4n) is 2.34. The molecule has 0 unspecified atom stereocenters. The Bertz CT molecular complexity index is 844. The zero-order chi connectivity index (χ0) is 17.9. The number of benzene rings is 1. The molecular weight excluding hydrogens is 340 g/mol. The maximum Gasteiger partial charge on any atom is 0.238 e. The molecule has 0 radical (unpaired) electrons. The number of aromatic nitrogens is 1. The molecule has 0 atom stereocenters. The van der Waals surface area contributed by atoms with Crippen molar-refractivity contribution in [2.75, 3.05) is 17.2 Å². The predicted octanol–water partition coefficient (Wildman–Crippen LogP) is 1.73. The number of carbonyl (C=O) groups excluding carboxylic acids is 1. The van der Waals surface area contributed by atoms with Gasteiger partial charge in [0.15, 0.2) is 0 Å². The number of carbonyl (C=O) groups is 1. The second-order valence-electron chi connectivity index (χ2n) is 6.06. The minimum atomic E-state index is -3.65. The largest absolute Gasteiger partial charge is 0.370 e. The van der Waals surface area contributed by atoms with Crippen LogP contribution in [-0.2, 0) is 21.2 Å². The Morgan fingerprint density at radius 2 is 1.88 bits per heavy atom. The van der Waals surface area contributed by atoms with Gasteiger partial charge in [-0.15, -0.1) is 0 Å². The van der Waals surface area contributed by atoms with Gasteiger partial charge in [-0.25, -0.2) is 18.5 Å². The minimum Gasteiger partial charge on any atom is -0.370 e. The Balaban J connectivity index is 1.47. The minimum absolute atomic E-state index is 0.0606. The van der Waals surface area contributed by atoms with Gasteiger partial charge in [0.05, 0.1) is 16.8 Å². The van der Waals surface area contributed by atoms with E-state index in [0.29, 0.717) is 24.5 Å². The monoisotopic (exact) mass is 360 g/mol. The highest BCUT2D eigenvalue weighted by Gasteiger charge is 2.29. The summed E-state index contributed by atoms with van der Waals surface area (Å²) in [5.74, 6) is 0.939. The highest BCUT2D eigenvalue weighted by molar-refractivity contribution is 7.89.